The molecular weight excluding hydrogens is 350 g/mol. The van der Waals surface area contributed by atoms with E-state index in [2.05, 4.69) is 20.4 Å². The first-order chi connectivity index (χ1) is 12.6. The number of benzene rings is 1. The summed E-state index contributed by atoms with van der Waals surface area (Å²) in [6.07, 6.45) is 3.08. The number of carbonyl (C=O) groups is 1. The van der Waals surface area contributed by atoms with Crippen molar-refractivity contribution in [1.82, 2.24) is 19.7 Å². The topological polar surface area (TPSA) is 72.7 Å². The zero-order chi connectivity index (χ0) is 18.1. The van der Waals surface area contributed by atoms with Gasteiger partial charge in [0.1, 0.15) is 0 Å². The number of anilines is 1. The monoisotopic (exact) mass is 363 g/mol. The van der Waals surface area contributed by atoms with E-state index in [1.165, 1.54) is 6.20 Å². The van der Waals surface area contributed by atoms with Crippen LogP contribution in [-0.2, 0) is 0 Å². The Labute approximate surface area is 154 Å². The molecule has 0 aliphatic rings. The van der Waals surface area contributed by atoms with E-state index >= 15 is 0 Å². The number of amides is 1. The Balaban J connectivity index is 1.67. The normalized spacial score (nSPS) is 10.8. The zero-order valence-electron chi connectivity index (χ0n) is 13.8. The summed E-state index contributed by atoms with van der Waals surface area (Å²) < 4.78 is 1.65. The third-order valence-electron chi connectivity index (χ3n) is 4.06. The summed E-state index contributed by atoms with van der Waals surface area (Å²) in [5.74, 6) is 0.351. The first-order valence-electron chi connectivity index (χ1n) is 7.96. The fourth-order valence-corrected chi connectivity index (χ4v) is 2.87. The predicted octanol–water partition coefficient (Wildman–Crippen LogP) is 4.03. The van der Waals surface area contributed by atoms with Crippen molar-refractivity contribution in [3.63, 3.8) is 0 Å². The summed E-state index contributed by atoms with van der Waals surface area (Å²) in [6, 6.07) is 15.1. The summed E-state index contributed by atoms with van der Waals surface area (Å²) in [5, 5.41) is 8.36. The molecule has 0 spiro atoms. The van der Waals surface area contributed by atoms with Crippen LogP contribution in [0.5, 0.6) is 0 Å². The van der Waals surface area contributed by atoms with Crippen molar-refractivity contribution in [3.05, 3.63) is 77.3 Å². The number of nitrogens with zero attached hydrogens (tertiary/aromatic N) is 4. The highest BCUT2D eigenvalue weighted by Gasteiger charge is 2.17. The second kappa shape index (κ2) is 6.57. The minimum absolute atomic E-state index is 0.238. The Bertz CT molecular complexity index is 1120. The van der Waals surface area contributed by atoms with Gasteiger partial charge in [-0.25, -0.2) is 14.6 Å². The molecule has 0 radical (unpaired) electrons. The zero-order valence-corrected chi connectivity index (χ0v) is 14.6. The van der Waals surface area contributed by atoms with Gasteiger partial charge in [0.25, 0.3) is 5.91 Å². The Hall–Kier alpha value is -3.25. The summed E-state index contributed by atoms with van der Waals surface area (Å²) >= 11 is 6.00. The molecule has 7 heteroatoms. The predicted molar refractivity (Wildman–Crippen MR) is 101 cm³/mol. The van der Waals surface area contributed by atoms with Crippen molar-refractivity contribution in [2.24, 2.45) is 0 Å². The lowest BCUT2D eigenvalue weighted by molar-refractivity contribution is 0.102. The number of pyridine rings is 2. The lowest BCUT2D eigenvalue weighted by atomic mass is 10.2. The maximum absolute atomic E-state index is 12.6. The summed E-state index contributed by atoms with van der Waals surface area (Å²) in [7, 11) is 0. The van der Waals surface area contributed by atoms with E-state index in [9.17, 15) is 4.79 Å². The van der Waals surface area contributed by atoms with Crippen LogP contribution in [0.15, 0.2) is 60.9 Å². The van der Waals surface area contributed by atoms with Gasteiger partial charge in [0.05, 0.1) is 28.7 Å². The highest BCUT2D eigenvalue weighted by molar-refractivity contribution is 6.32. The molecule has 1 N–H and O–H groups in total. The Morgan fingerprint density at radius 3 is 2.81 bits per heavy atom. The number of nitrogens with one attached hydrogen (secondary N) is 1. The molecule has 0 fully saturated rings. The molecule has 4 aromatic rings. The molecule has 0 unspecified atom stereocenters. The highest BCUT2D eigenvalue weighted by atomic mass is 35.5. The number of halogens is 1. The van der Waals surface area contributed by atoms with Gasteiger partial charge in [0.15, 0.2) is 11.0 Å². The molecule has 0 aliphatic heterocycles. The Morgan fingerprint density at radius 1 is 1.12 bits per heavy atom. The van der Waals surface area contributed by atoms with Crippen LogP contribution >= 0.6 is 11.6 Å². The van der Waals surface area contributed by atoms with Crippen LogP contribution in [0.2, 0.25) is 5.15 Å². The van der Waals surface area contributed by atoms with Crippen LogP contribution in [0.25, 0.3) is 16.7 Å². The number of para-hydroxylation sites is 1. The minimum Gasteiger partial charge on any atom is -0.319 e. The lowest BCUT2D eigenvalue weighted by Crippen LogP contribution is -2.13. The minimum atomic E-state index is -0.301. The van der Waals surface area contributed by atoms with Crippen LogP contribution in [0.4, 0.5) is 5.69 Å². The molecule has 26 heavy (non-hydrogen) atoms. The van der Waals surface area contributed by atoms with Crippen LogP contribution in [0.3, 0.4) is 0 Å². The van der Waals surface area contributed by atoms with Crippen LogP contribution in [0, 0.1) is 6.92 Å². The molecule has 0 atom stereocenters. The average molecular weight is 364 g/mol. The molecule has 3 aromatic heterocycles. The third-order valence-corrected chi connectivity index (χ3v) is 4.36. The van der Waals surface area contributed by atoms with E-state index in [0.717, 1.165) is 10.9 Å². The molecule has 1 aromatic carbocycles. The Morgan fingerprint density at radius 2 is 1.96 bits per heavy atom. The number of fused-ring (bicyclic) bond motifs is 1. The number of rotatable bonds is 3. The molecule has 0 saturated heterocycles. The first kappa shape index (κ1) is 16.2. The number of aromatic nitrogens is 4. The largest absolute Gasteiger partial charge is 0.319 e. The smallest absolute Gasteiger partial charge is 0.259 e. The maximum Gasteiger partial charge on any atom is 0.259 e. The van der Waals surface area contributed by atoms with E-state index in [0.29, 0.717) is 22.8 Å². The second-order valence-electron chi connectivity index (χ2n) is 5.71. The van der Waals surface area contributed by atoms with Crippen molar-refractivity contribution in [1.29, 1.82) is 0 Å². The molecule has 3 heterocycles. The second-order valence-corrected chi connectivity index (χ2v) is 6.07. The molecule has 0 aliphatic carbocycles. The van der Waals surface area contributed by atoms with E-state index in [1.54, 1.807) is 23.0 Å². The van der Waals surface area contributed by atoms with E-state index < -0.39 is 0 Å². The molecule has 6 nitrogen and oxygen atoms in total. The van der Waals surface area contributed by atoms with Crippen molar-refractivity contribution >= 4 is 34.1 Å². The lowest BCUT2D eigenvalue weighted by Gasteiger charge is -2.07. The molecule has 4 rings (SSSR count). The van der Waals surface area contributed by atoms with E-state index in [1.807, 2.05) is 43.3 Å². The SMILES string of the molecule is Cc1c(C(=O)Nc2cccnc2Cl)cnn1-c1ccc2ccccc2n1. The summed E-state index contributed by atoms with van der Waals surface area (Å²) in [6.45, 7) is 1.82. The van der Waals surface area contributed by atoms with Crippen molar-refractivity contribution in [2.45, 2.75) is 6.92 Å². The fourth-order valence-electron chi connectivity index (χ4n) is 2.71. The highest BCUT2D eigenvalue weighted by Crippen LogP contribution is 2.21. The van der Waals surface area contributed by atoms with Gasteiger partial charge < -0.3 is 5.32 Å². The van der Waals surface area contributed by atoms with Gasteiger partial charge >= 0.3 is 0 Å². The van der Waals surface area contributed by atoms with E-state index in [-0.39, 0.29) is 11.1 Å². The first-order valence-corrected chi connectivity index (χ1v) is 8.34. The van der Waals surface area contributed by atoms with E-state index in [4.69, 9.17) is 11.6 Å². The summed E-state index contributed by atoms with van der Waals surface area (Å²) in [5.41, 5.74) is 2.45. The molecule has 1 amide bonds. The van der Waals surface area contributed by atoms with Crippen molar-refractivity contribution < 1.29 is 4.79 Å². The fraction of sp³-hybridized carbons (Fsp3) is 0.0526. The molecule has 0 bridgehead atoms. The van der Waals surface area contributed by atoms with Gasteiger partial charge in [0, 0.05) is 11.6 Å². The van der Waals surface area contributed by atoms with Crippen LogP contribution in [-0.4, -0.2) is 25.7 Å². The number of carbonyl (C=O) groups excluding carboxylic acids is 1. The molecule has 128 valence electrons. The number of hydrogen-bond donors (Lipinski definition) is 1. The number of hydrogen-bond acceptors (Lipinski definition) is 4. The quantitative estimate of drug-likeness (QED) is 0.558. The van der Waals surface area contributed by atoms with Crippen molar-refractivity contribution in [3.8, 4) is 5.82 Å². The van der Waals surface area contributed by atoms with Gasteiger partial charge in [-0.2, -0.15) is 5.10 Å². The molecule has 0 saturated carbocycles. The third kappa shape index (κ3) is 2.91. The Kier molecular flexibility index (Phi) is 4.10. The van der Waals surface area contributed by atoms with Gasteiger partial charge in [-0.3, -0.25) is 4.79 Å². The van der Waals surface area contributed by atoms with Crippen molar-refractivity contribution in [2.75, 3.05) is 5.32 Å². The standard InChI is InChI=1S/C19H14ClN5O/c1-12-14(19(26)24-16-7-4-10-21-18(16)20)11-22-25(12)17-9-8-13-5-2-3-6-15(13)23-17/h2-11H,1H3,(H,24,26). The maximum atomic E-state index is 12.6. The average Bonchev–Trinajstić information content (AvgIpc) is 3.05. The summed E-state index contributed by atoms with van der Waals surface area (Å²) in [4.78, 5) is 21.1. The van der Waals surface area contributed by atoms with Gasteiger partial charge in [0.2, 0.25) is 0 Å². The van der Waals surface area contributed by atoms with Gasteiger partial charge in [-0.15, -0.1) is 0 Å². The van der Waals surface area contributed by atoms with Gasteiger partial charge in [-0.05, 0) is 37.3 Å². The van der Waals surface area contributed by atoms with Crippen LogP contribution in [0.1, 0.15) is 16.1 Å². The van der Waals surface area contributed by atoms with Crippen LogP contribution < -0.4 is 5.32 Å². The molecular formula is C19H14ClN5O. The van der Waals surface area contributed by atoms with Gasteiger partial charge in [-0.1, -0.05) is 29.8 Å².